The van der Waals surface area contributed by atoms with Crippen LogP contribution in [0.15, 0.2) is 22.8 Å². The Balaban J connectivity index is 2.75. The van der Waals surface area contributed by atoms with E-state index in [1.807, 2.05) is 0 Å². The first-order chi connectivity index (χ1) is 6.39. The first-order valence-corrected chi connectivity index (χ1v) is 4.18. The molecule has 0 aliphatic rings. The third-order valence-corrected chi connectivity index (χ3v) is 1.71. The molecule has 0 aromatic carbocycles. The Morgan fingerprint density at radius 3 is 2.64 bits per heavy atom. The van der Waals surface area contributed by atoms with Gasteiger partial charge in [-0.2, -0.15) is 13.2 Å². The Hall–Kier alpha value is -1.11. The maximum atomic E-state index is 11.8. The predicted molar refractivity (Wildman–Crippen MR) is 46.6 cm³/mol. The molecule has 0 spiro atoms. The average molecular weight is 269 g/mol. The first kappa shape index (κ1) is 11.0. The molecule has 0 radical (unpaired) electrons. The molecular formula is C7H4BrF3N2O. The summed E-state index contributed by atoms with van der Waals surface area (Å²) in [7, 11) is 0. The summed E-state index contributed by atoms with van der Waals surface area (Å²) in [4.78, 5) is 14.0. The van der Waals surface area contributed by atoms with Crippen molar-refractivity contribution in [1.29, 1.82) is 0 Å². The minimum Gasteiger partial charge on any atom is -0.303 e. The van der Waals surface area contributed by atoms with Crippen LogP contribution in [0.2, 0.25) is 0 Å². The van der Waals surface area contributed by atoms with Crippen LogP contribution >= 0.6 is 15.9 Å². The number of nitrogens with one attached hydrogen (secondary N) is 1. The molecule has 0 fully saturated rings. The number of nitrogens with zero attached hydrogens (tertiary/aromatic N) is 1. The topological polar surface area (TPSA) is 42.0 Å². The molecule has 1 heterocycles. The Morgan fingerprint density at radius 1 is 1.50 bits per heavy atom. The summed E-state index contributed by atoms with van der Waals surface area (Å²) in [5.41, 5.74) is 0. The summed E-state index contributed by atoms with van der Waals surface area (Å²) in [5.74, 6) is -2.19. The van der Waals surface area contributed by atoms with E-state index in [4.69, 9.17) is 0 Å². The van der Waals surface area contributed by atoms with E-state index >= 15 is 0 Å². The number of carbonyl (C=O) groups is 1. The van der Waals surface area contributed by atoms with Gasteiger partial charge in [0.1, 0.15) is 5.82 Å². The SMILES string of the molecule is O=C(Nc1cc(Br)ccn1)C(F)(F)F. The second-order valence-electron chi connectivity index (χ2n) is 2.31. The molecule has 0 bridgehead atoms. The van der Waals surface area contributed by atoms with Crippen LogP contribution in [0.5, 0.6) is 0 Å². The van der Waals surface area contributed by atoms with Gasteiger partial charge in [-0.3, -0.25) is 4.79 Å². The zero-order chi connectivity index (χ0) is 10.8. The average Bonchev–Trinajstić information content (AvgIpc) is 2.02. The molecule has 0 aliphatic heterocycles. The lowest BCUT2D eigenvalue weighted by Gasteiger charge is -2.06. The molecule has 14 heavy (non-hydrogen) atoms. The van der Waals surface area contributed by atoms with Crippen molar-refractivity contribution in [3.05, 3.63) is 22.8 Å². The Bertz CT molecular complexity index is 353. The molecule has 1 aromatic rings. The minimum absolute atomic E-state index is 0.151. The fourth-order valence-corrected chi connectivity index (χ4v) is 0.995. The fraction of sp³-hybridized carbons (Fsp3) is 0.143. The molecule has 1 rings (SSSR count). The molecule has 0 atom stereocenters. The number of rotatable bonds is 1. The van der Waals surface area contributed by atoms with Gasteiger partial charge in [0.2, 0.25) is 0 Å². The van der Waals surface area contributed by atoms with Crippen LogP contribution < -0.4 is 5.32 Å². The van der Waals surface area contributed by atoms with Crippen molar-refractivity contribution in [1.82, 2.24) is 4.98 Å². The van der Waals surface area contributed by atoms with Crippen molar-refractivity contribution in [2.24, 2.45) is 0 Å². The molecule has 1 amide bonds. The first-order valence-electron chi connectivity index (χ1n) is 3.39. The number of halogens is 4. The van der Waals surface area contributed by atoms with E-state index in [0.717, 1.165) is 0 Å². The lowest BCUT2D eigenvalue weighted by Crippen LogP contribution is -2.30. The standard InChI is InChI=1S/C7H4BrF3N2O/c8-4-1-2-12-5(3-4)13-6(14)7(9,10)11/h1-3H,(H,12,13,14). The third kappa shape index (κ3) is 2.99. The maximum Gasteiger partial charge on any atom is 0.471 e. The molecule has 1 aromatic heterocycles. The van der Waals surface area contributed by atoms with Crippen molar-refractivity contribution < 1.29 is 18.0 Å². The Kier molecular flexibility index (Phi) is 3.10. The van der Waals surface area contributed by atoms with Crippen molar-refractivity contribution in [2.45, 2.75) is 6.18 Å². The molecular weight excluding hydrogens is 265 g/mol. The quantitative estimate of drug-likeness (QED) is 0.850. The summed E-state index contributed by atoms with van der Waals surface area (Å²) in [5, 5.41) is 1.62. The van der Waals surface area contributed by atoms with Crippen molar-refractivity contribution in [3.8, 4) is 0 Å². The molecule has 0 saturated heterocycles. The predicted octanol–water partition coefficient (Wildman–Crippen LogP) is 2.34. The fourth-order valence-electron chi connectivity index (χ4n) is 0.660. The molecule has 1 N–H and O–H groups in total. The number of pyridine rings is 1. The summed E-state index contributed by atoms with van der Waals surface area (Å²) < 4.78 is 35.9. The molecule has 76 valence electrons. The number of hydrogen-bond acceptors (Lipinski definition) is 2. The zero-order valence-corrected chi connectivity index (χ0v) is 8.19. The zero-order valence-electron chi connectivity index (χ0n) is 6.60. The molecule has 0 aliphatic carbocycles. The third-order valence-electron chi connectivity index (χ3n) is 1.22. The highest BCUT2D eigenvalue weighted by Crippen LogP contribution is 2.18. The van der Waals surface area contributed by atoms with Gasteiger partial charge in [-0.05, 0) is 12.1 Å². The van der Waals surface area contributed by atoms with Gasteiger partial charge >= 0.3 is 12.1 Å². The van der Waals surface area contributed by atoms with Crippen LogP contribution in [0.25, 0.3) is 0 Å². The van der Waals surface area contributed by atoms with E-state index < -0.39 is 12.1 Å². The largest absolute Gasteiger partial charge is 0.471 e. The number of aromatic nitrogens is 1. The Labute approximate surface area is 85.5 Å². The lowest BCUT2D eigenvalue weighted by molar-refractivity contribution is -0.167. The summed E-state index contributed by atoms with van der Waals surface area (Å²) in [6, 6.07) is 2.80. The van der Waals surface area contributed by atoms with Crippen LogP contribution in [-0.4, -0.2) is 17.1 Å². The van der Waals surface area contributed by atoms with Crippen molar-refractivity contribution in [2.75, 3.05) is 5.32 Å². The van der Waals surface area contributed by atoms with E-state index in [-0.39, 0.29) is 5.82 Å². The molecule has 3 nitrogen and oxygen atoms in total. The maximum absolute atomic E-state index is 11.8. The normalized spacial score (nSPS) is 11.1. The molecule has 0 unspecified atom stereocenters. The van der Waals surface area contributed by atoms with E-state index in [0.29, 0.717) is 4.47 Å². The Morgan fingerprint density at radius 2 is 2.14 bits per heavy atom. The van der Waals surface area contributed by atoms with Crippen LogP contribution in [0.1, 0.15) is 0 Å². The summed E-state index contributed by atoms with van der Waals surface area (Å²) >= 11 is 3.03. The monoisotopic (exact) mass is 268 g/mol. The van der Waals surface area contributed by atoms with Gasteiger partial charge in [-0.25, -0.2) is 4.98 Å². The lowest BCUT2D eigenvalue weighted by atomic mass is 10.4. The van der Waals surface area contributed by atoms with Gasteiger partial charge in [-0.15, -0.1) is 0 Å². The van der Waals surface area contributed by atoms with Gasteiger partial charge in [-0.1, -0.05) is 15.9 Å². The van der Waals surface area contributed by atoms with Crippen LogP contribution in [0, 0.1) is 0 Å². The highest BCUT2D eigenvalue weighted by molar-refractivity contribution is 9.10. The van der Waals surface area contributed by atoms with E-state index in [1.54, 1.807) is 5.32 Å². The van der Waals surface area contributed by atoms with E-state index in [9.17, 15) is 18.0 Å². The van der Waals surface area contributed by atoms with E-state index in [2.05, 4.69) is 20.9 Å². The highest BCUT2D eigenvalue weighted by atomic mass is 79.9. The van der Waals surface area contributed by atoms with Crippen molar-refractivity contribution >= 4 is 27.7 Å². The van der Waals surface area contributed by atoms with Gasteiger partial charge in [0.15, 0.2) is 0 Å². The van der Waals surface area contributed by atoms with Crippen LogP contribution in [0.4, 0.5) is 19.0 Å². The second kappa shape index (κ2) is 3.95. The van der Waals surface area contributed by atoms with Crippen LogP contribution in [-0.2, 0) is 4.79 Å². The highest BCUT2D eigenvalue weighted by Gasteiger charge is 2.38. The van der Waals surface area contributed by atoms with Gasteiger partial charge in [0.05, 0.1) is 0 Å². The van der Waals surface area contributed by atoms with Crippen molar-refractivity contribution in [3.63, 3.8) is 0 Å². The smallest absolute Gasteiger partial charge is 0.303 e. The number of carbonyl (C=O) groups excluding carboxylic acids is 1. The van der Waals surface area contributed by atoms with Crippen LogP contribution in [0.3, 0.4) is 0 Å². The molecule has 7 heteroatoms. The number of alkyl halides is 3. The number of hydrogen-bond donors (Lipinski definition) is 1. The van der Waals surface area contributed by atoms with Gasteiger partial charge in [0.25, 0.3) is 0 Å². The number of anilines is 1. The summed E-state index contributed by atoms with van der Waals surface area (Å²) in [6.45, 7) is 0. The summed E-state index contributed by atoms with van der Waals surface area (Å²) in [6.07, 6.45) is -3.62. The number of amides is 1. The minimum atomic E-state index is -4.90. The second-order valence-corrected chi connectivity index (χ2v) is 3.23. The van der Waals surface area contributed by atoms with E-state index in [1.165, 1.54) is 18.3 Å². The molecule has 0 saturated carbocycles. The van der Waals surface area contributed by atoms with Gasteiger partial charge in [0, 0.05) is 10.7 Å². The van der Waals surface area contributed by atoms with Gasteiger partial charge < -0.3 is 5.32 Å².